The zero-order chi connectivity index (χ0) is 11.4. The Balaban J connectivity index is 1.85. The van der Waals surface area contributed by atoms with Gasteiger partial charge in [-0.1, -0.05) is 0 Å². The van der Waals surface area contributed by atoms with E-state index in [9.17, 15) is 4.79 Å². The highest BCUT2D eigenvalue weighted by Gasteiger charge is 2.34. The molecule has 0 spiro atoms. The van der Waals surface area contributed by atoms with E-state index in [-0.39, 0.29) is 11.9 Å². The maximum absolute atomic E-state index is 11.7. The summed E-state index contributed by atoms with van der Waals surface area (Å²) < 4.78 is 10.8. The van der Waals surface area contributed by atoms with E-state index in [1.54, 1.807) is 0 Å². The van der Waals surface area contributed by atoms with Crippen LogP contribution in [0.1, 0.15) is 32.6 Å². The lowest BCUT2D eigenvalue weighted by Gasteiger charge is -2.32. The van der Waals surface area contributed by atoms with Crippen LogP contribution in [-0.2, 0) is 14.3 Å². The van der Waals surface area contributed by atoms with Crippen LogP contribution in [0.2, 0.25) is 0 Å². The molecule has 0 aliphatic carbocycles. The lowest BCUT2D eigenvalue weighted by molar-refractivity contribution is -0.149. The summed E-state index contributed by atoms with van der Waals surface area (Å²) in [5.41, 5.74) is 0. The molecule has 0 amide bonds. The number of esters is 1. The first-order valence-corrected chi connectivity index (χ1v) is 6.33. The lowest BCUT2D eigenvalue weighted by atomic mass is 9.89. The van der Waals surface area contributed by atoms with Gasteiger partial charge in [-0.05, 0) is 39.2 Å². The average molecular weight is 227 g/mol. The van der Waals surface area contributed by atoms with Gasteiger partial charge < -0.3 is 14.8 Å². The fourth-order valence-corrected chi connectivity index (χ4v) is 2.63. The highest BCUT2D eigenvalue weighted by atomic mass is 16.5. The van der Waals surface area contributed by atoms with Gasteiger partial charge in [0.15, 0.2) is 0 Å². The molecular formula is C12H21NO3. The molecule has 0 aromatic heterocycles. The summed E-state index contributed by atoms with van der Waals surface area (Å²) in [6.45, 7) is 4.10. The largest absolute Gasteiger partial charge is 0.466 e. The molecule has 2 heterocycles. The van der Waals surface area contributed by atoms with E-state index >= 15 is 0 Å². The number of hydrogen-bond donors (Lipinski definition) is 1. The van der Waals surface area contributed by atoms with Gasteiger partial charge in [0.05, 0.1) is 18.6 Å². The van der Waals surface area contributed by atoms with E-state index in [2.05, 4.69) is 5.32 Å². The van der Waals surface area contributed by atoms with Crippen molar-refractivity contribution < 1.29 is 14.3 Å². The Hall–Kier alpha value is -0.610. The van der Waals surface area contributed by atoms with Gasteiger partial charge in [0.1, 0.15) is 0 Å². The van der Waals surface area contributed by atoms with Crippen molar-refractivity contribution in [2.24, 2.45) is 5.92 Å². The summed E-state index contributed by atoms with van der Waals surface area (Å²) in [5.74, 6) is 0.0300. The predicted molar refractivity (Wildman–Crippen MR) is 60.1 cm³/mol. The van der Waals surface area contributed by atoms with Crippen molar-refractivity contribution in [2.75, 3.05) is 19.8 Å². The van der Waals surface area contributed by atoms with Crippen molar-refractivity contribution in [3.63, 3.8) is 0 Å². The normalized spacial score (nSPS) is 34.9. The van der Waals surface area contributed by atoms with Crippen molar-refractivity contribution in [3.8, 4) is 0 Å². The zero-order valence-electron chi connectivity index (χ0n) is 9.91. The fourth-order valence-electron chi connectivity index (χ4n) is 2.63. The molecule has 3 unspecified atom stereocenters. The summed E-state index contributed by atoms with van der Waals surface area (Å²) in [5, 5.41) is 3.46. The van der Waals surface area contributed by atoms with Gasteiger partial charge in [-0.2, -0.15) is 0 Å². The first kappa shape index (κ1) is 11.9. The molecule has 2 rings (SSSR count). The van der Waals surface area contributed by atoms with Crippen molar-refractivity contribution >= 4 is 5.97 Å². The number of piperidine rings is 1. The van der Waals surface area contributed by atoms with Gasteiger partial charge in [-0.3, -0.25) is 4.79 Å². The van der Waals surface area contributed by atoms with Gasteiger partial charge in [0.25, 0.3) is 0 Å². The molecule has 0 saturated carbocycles. The van der Waals surface area contributed by atoms with Gasteiger partial charge in [0.2, 0.25) is 0 Å². The molecule has 3 atom stereocenters. The standard InChI is InChI=1S/C12H21NO3/c1-2-15-12(14)9-5-6-13-10(8-9)11-4-3-7-16-11/h9-11,13H,2-8H2,1H3. The Morgan fingerprint density at radius 3 is 3.06 bits per heavy atom. The summed E-state index contributed by atoms with van der Waals surface area (Å²) >= 11 is 0. The van der Waals surface area contributed by atoms with Gasteiger partial charge in [-0.15, -0.1) is 0 Å². The fraction of sp³-hybridized carbons (Fsp3) is 0.917. The van der Waals surface area contributed by atoms with Crippen LogP contribution in [0.4, 0.5) is 0 Å². The van der Waals surface area contributed by atoms with E-state index < -0.39 is 0 Å². The Labute approximate surface area is 96.7 Å². The summed E-state index contributed by atoms with van der Waals surface area (Å²) in [7, 11) is 0. The monoisotopic (exact) mass is 227 g/mol. The maximum Gasteiger partial charge on any atom is 0.309 e. The van der Waals surface area contributed by atoms with Crippen LogP contribution < -0.4 is 5.32 Å². The molecular weight excluding hydrogens is 206 g/mol. The molecule has 0 bridgehead atoms. The average Bonchev–Trinajstić information content (AvgIpc) is 2.83. The number of nitrogens with one attached hydrogen (secondary N) is 1. The Morgan fingerprint density at radius 1 is 1.50 bits per heavy atom. The lowest BCUT2D eigenvalue weighted by Crippen LogP contribution is -2.47. The highest BCUT2D eigenvalue weighted by molar-refractivity contribution is 5.72. The number of rotatable bonds is 3. The maximum atomic E-state index is 11.7. The SMILES string of the molecule is CCOC(=O)C1CCNC(C2CCCO2)C1. The topological polar surface area (TPSA) is 47.6 Å². The second-order valence-corrected chi connectivity index (χ2v) is 4.59. The van der Waals surface area contributed by atoms with Crippen molar-refractivity contribution in [2.45, 2.75) is 44.8 Å². The van der Waals surface area contributed by atoms with E-state index in [1.807, 2.05) is 6.92 Å². The quantitative estimate of drug-likeness (QED) is 0.733. The second kappa shape index (κ2) is 5.64. The minimum Gasteiger partial charge on any atom is -0.466 e. The second-order valence-electron chi connectivity index (χ2n) is 4.59. The first-order chi connectivity index (χ1) is 7.81. The van der Waals surface area contributed by atoms with Crippen LogP contribution in [0.25, 0.3) is 0 Å². The summed E-state index contributed by atoms with van der Waals surface area (Å²) in [6.07, 6.45) is 4.32. The van der Waals surface area contributed by atoms with Crippen LogP contribution in [0, 0.1) is 5.92 Å². The van der Waals surface area contributed by atoms with Crippen molar-refractivity contribution in [3.05, 3.63) is 0 Å². The Kier molecular flexibility index (Phi) is 4.18. The number of ether oxygens (including phenoxy) is 2. The molecule has 2 aliphatic rings. The molecule has 0 aromatic carbocycles. The summed E-state index contributed by atoms with van der Waals surface area (Å²) in [6, 6.07) is 0.339. The molecule has 4 heteroatoms. The highest BCUT2D eigenvalue weighted by Crippen LogP contribution is 2.25. The van der Waals surface area contributed by atoms with Gasteiger partial charge in [-0.25, -0.2) is 0 Å². The molecule has 16 heavy (non-hydrogen) atoms. The third kappa shape index (κ3) is 2.74. The van der Waals surface area contributed by atoms with E-state index in [1.165, 1.54) is 0 Å². The minimum absolute atomic E-state index is 0.0352. The molecule has 92 valence electrons. The molecule has 0 radical (unpaired) electrons. The van der Waals surface area contributed by atoms with Crippen LogP contribution in [0.3, 0.4) is 0 Å². The number of carbonyl (C=O) groups is 1. The third-order valence-corrected chi connectivity index (χ3v) is 3.47. The van der Waals surface area contributed by atoms with Gasteiger partial charge in [0, 0.05) is 12.6 Å². The first-order valence-electron chi connectivity index (χ1n) is 6.33. The van der Waals surface area contributed by atoms with Gasteiger partial charge >= 0.3 is 5.97 Å². The van der Waals surface area contributed by atoms with Crippen LogP contribution >= 0.6 is 0 Å². The molecule has 0 aromatic rings. The molecule has 2 fully saturated rings. The van der Waals surface area contributed by atoms with Crippen molar-refractivity contribution in [1.82, 2.24) is 5.32 Å². The Bertz CT molecular complexity index is 238. The molecule has 1 N–H and O–H groups in total. The predicted octanol–water partition coefficient (Wildman–Crippen LogP) is 1.10. The molecule has 2 saturated heterocycles. The van der Waals surface area contributed by atoms with Crippen LogP contribution in [0.15, 0.2) is 0 Å². The summed E-state index contributed by atoms with van der Waals surface area (Å²) in [4.78, 5) is 11.7. The van der Waals surface area contributed by atoms with Crippen LogP contribution in [0.5, 0.6) is 0 Å². The third-order valence-electron chi connectivity index (χ3n) is 3.47. The van der Waals surface area contributed by atoms with E-state index in [0.717, 1.165) is 38.8 Å². The van der Waals surface area contributed by atoms with E-state index in [4.69, 9.17) is 9.47 Å². The minimum atomic E-state index is -0.0352. The zero-order valence-corrected chi connectivity index (χ0v) is 9.91. The number of carbonyl (C=O) groups excluding carboxylic acids is 1. The smallest absolute Gasteiger partial charge is 0.309 e. The van der Waals surface area contributed by atoms with Crippen LogP contribution in [-0.4, -0.2) is 37.9 Å². The van der Waals surface area contributed by atoms with Crippen molar-refractivity contribution in [1.29, 1.82) is 0 Å². The number of hydrogen-bond acceptors (Lipinski definition) is 4. The van der Waals surface area contributed by atoms with E-state index in [0.29, 0.717) is 18.8 Å². The molecule has 4 nitrogen and oxygen atoms in total. The Morgan fingerprint density at radius 2 is 2.38 bits per heavy atom. The molecule has 2 aliphatic heterocycles.